The second kappa shape index (κ2) is 9.22. The van der Waals surface area contributed by atoms with E-state index in [-0.39, 0.29) is 17.8 Å². The molecule has 0 bridgehead atoms. The Morgan fingerprint density at radius 2 is 2.13 bits per heavy atom. The van der Waals surface area contributed by atoms with E-state index in [0.717, 1.165) is 18.9 Å². The van der Waals surface area contributed by atoms with Crippen LogP contribution in [0.15, 0.2) is 42.7 Å². The molecule has 2 aromatic heterocycles. The minimum absolute atomic E-state index is 0.207. The van der Waals surface area contributed by atoms with Crippen LogP contribution in [0.4, 0.5) is 4.39 Å². The van der Waals surface area contributed by atoms with E-state index in [0.29, 0.717) is 42.2 Å². The molecule has 3 heterocycles. The number of benzene rings is 1. The van der Waals surface area contributed by atoms with Gasteiger partial charge in [0.1, 0.15) is 17.4 Å². The highest BCUT2D eigenvalue weighted by molar-refractivity contribution is 5.94. The van der Waals surface area contributed by atoms with Gasteiger partial charge in [-0.3, -0.25) is 14.7 Å². The van der Waals surface area contributed by atoms with Crippen molar-refractivity contribution in [2.75, 3.05) is 20.2 Å². The molecule has 1 aliphatic heterocycles. The summed E-state index contributed by atoms with van der Waals surface area (Å²) in [5.74, 6) is 1.77. The van der Waals surface area contributed by atoms with Crippen molar-refractivity contribution in [3.05, 3.63) is 71.3 Å². The van der Waals surface area contributed by atoms with Crippen molar-refractivity contribution in [1.82, 2.24) is 30.0 Å². The molecular formula is C22H25FN6O2. The summed E-state index contributed by atoms with van der Waals surface area (Å²) in [4.78, 5) is 18.6. The maximum absolute atomic E-state index is 14.2. The molecule has 0 radical (unpaired) electrons. The van der Waals surface area contributed by atoms with Crippen molar-refractivity contribution in [3.63, 3.8) is 0 Å². The summed E-state index contributed by atoms with van der Waals surface area (Å²) >= 11 is 0. The van der Waals surface area contributed by atoms with Gasteiger partial charge in [0.15, 0.2) is 5.82 Å². The van der Waals surface area contributed by atoms with Gasteiger partial charge in [-0.05, 0) is 37.3 Å². The van der Waals surface area contributed by atoms with E-state index in [1.54, 1.807) is 37.6 Å². The van der Waals surface area contributed by atoms with Crippen LogP contribution in [-0.4, -0.2) is 50.8 Å². The lowest BCUT2D eigenvalue weighted by Crippen LogP contribution is -2.30. The fourth-order valence-electron chi connectivity index (χ4n) is 3.75. The van der Waals surface area contributed by atoms with Crippen LogP contribution in [0.5, 0.6) is 5.75 Å². The minimum atomic E-state index is -0.309. The van der Waals surface area contributed by atoms with Crippen LogP contribution in [0.3, 0.4) is 0 Å². The van der Waals surface area contributed by atoms with E-state index >= 15 is 0 Å². The summed E-state index contributed by atoms with van der Waals surface area (Å²) in [6, 6.07) is 7.93. The average molecular weight is 424 g/mol. The fourth-order valence-corrected chi connectivity index (χ4v) is 3.75. The van der Waals surface area contributed by atoms with Gasteiger partial charge in [-0.25, -0.2) is 4.39 Å². The van der Waals surface area contributed by atoms with E-state index in [1.807, 2.05) is 6.92 Å². The molecule has 0 saturated heterocycles. The highest BCUT2D eigenvalue weighted by Crippen LogP contribution is 2.21. The Hall–Kier alpha value is -3.33. The van der Waals surface area contributed by atoms with Crippen LogP contribution in [0.25, 0.3) is 0 Å². The summed E-state index contributed by atoms with van der Waals surface area (Å²) in [7, 11) is 1.57. The molecule has 1 aliphatic rings. The molecule has 162 valence electrons. The van der Waals surface area contributed by atoms with Gasteiger partial charge in [0.25, 0.3) is 5.91 Å². The number of hydrogen-bond donors (Lipinski definition) is 1. The molecule has 9 heteroatoms. The first-order valence-electron chi connectivity index (χ1n) is 10.2. The lowest BCUT2D eigenvalue weighted by Gasteiger charge is -2.21. The predicted molar refractivity (Wildman–Crippen MR) is 112 cm³/mol. The number of hydrogen-bond acceptors (Lipinski definition) is 6. The number of nitrogens with zero attached hydrogens (tertiary/aromatic N) is 5. The van der Waals surface area contributed by atoms with E-state index in [9.17, 15) is 9.18 Å². The number of methoxy groups -OCH3 is 1. The van der Waals surface area contributed by atoms with Gasteiger partial charge in [0.2, 0.25) is 0 Å². The minimum Gasteiger partial charge on any atom is -0.497 e. The molecule has 0 fully saturated rings. The van der Waals surface area contributed by atoms with Crippen molar-refractivity contribution in [2.24, 2.45) is 0 Å². The van der Waals surface area contributed by atoms with E-state index in [4.69, 9.17) is 4.74 Å². The van der Waals surface area contributed by atoms with Crippen molar-refractivity contribution >= 4 is 5.91 Å². The summed E-state index contributed by atoms with van der Waals surface area (Å²) in [6.07, 6.45) is 3.85. The maximum Gasteiger partial charge on any atom is 0.253 e. The summed E-state index contributed by atoms with van der Waals surface area (Å²) in [6.45, 7) is 4.50. The average Bonchev–Trinajstić information content (AvgIpc) is 3.10. The molecule has 1 atom stereocenters. The molecule has 8 nitrogen and oxygen atoms in total. The van der Waals surface area contributed by atoms with Crippen LogP contribution in [0.1, 0.15) is 40.5 Å². The predicted octanol–water partition coefficient (Wildman–Crippen LogP) is 2.37. The topological polar surface area (TPSA) is 85.2 Å². The van der Waals surface area contributed by atoms with Gasteiger partial charge in [-0.15, -0.1) is 10.2 Å². The zero-order chi connectivity index (χ0) is 21.8. The van der Waals surface area contributed by atoms with Crippen molar-refractivity contribution in [1.29, 1.82) is 0 Å². The number of carbonyl (C=O) groups excluding carboxylic acids is 1. The van der Waals surface area contributed by atoms with Gasteiger partial charge in [-0.2, -0.15) is 0 Å². The number of carbonyl (C=O) groups is 1. The fraction of sp³-hybridized carbons (Fsp3) is 0.364. The second-order valence-corrected chi connectivity index (χ2v) is 7.55. The lowest BCUT2D eigenvalue weighted by molar-refractivity contribution is 0.0937. The molecule has 0 aliphatic carbocycles. The van der Waals surface area contributed by atoms with Crippen molar-refractivity contribution in [2.45, 2.75) is 32.5 Å². The van der Waals surface area contributed by atoms with E-state index < -0.39 is 0 Å². The van der Waals surface area contributed by atoms with Crippen LogP contribution in [-0.2, 0) is 19.5 Å². The van der Waals surface area contributed by atoms with Gasteiger partial charge in [0, 0.05) is 50.6 Å². The van der Waals surface area contributed by atoms with Gasteiger partial charge in [0.05, 0.1) is 18.7 Å². The summed E-state index contributed by atoms with van der Waals surface area (Å²) in [5.41, 5.74) is 1.10. The number of rotatable bonds is 6. The molecule has 1 aromatic carbocycles. The largest absolute Gasteiger partial charge is 0.497 e. The Morgan fingerprint density at radius 1 is 1.26 bits per heavy atom. The highest BCUT2D eigenvalue weighted by atomic mass is 19.1. The molecule has 31 heavy (non-hydrogen) atoms. The smallest absolute Gasteiger partial charge is 0.253 e. The van der Waals surface area contributed by atoms with E-state index in [2.05, 4.69) is 30.0 Å². The zero-order valence-electron chi connectivity index (χ0n) is 17.6. The number of aromatic nitrogens is 4. The first kappa shape index (κ1) is 20.9. The van der Waals surface area contributed by atoms with Crippen molar-refractivity contribution in [3.8, 4) is 5.75 Å². The number of pyridine rings is 1. The SMILES string of the molecule is COc1ccc(F)c(CN2CCc3nnc([C@@H](C)NC(=O)c4cccnc4)n3CC2)c1. The number of ether oxygens (including phenoxy) is 1. The van der Waals surface area contributed by atoms with Crippen LogP contribution >= 0.6 is 0 Å². The Labute approximate surface area is 180 Å². The third-order valence-corrected chi connectivity index (χ3v) is 5.45. The Kier molecular flexibility index (Phi) is 6.22. The number of fused-ring (bicyclic) bond motifs is 1. The second-order valence-electron chi connectivity index (χ2n) is 7.55. The zero-order valence-corrected chi connectivity index (χ0v) is 17.6. The monoisotopic (exact) mass is 424 g/mol. The van der Waals surface area contributed by atoms with Crippen LogP contribution < -0.4 is 10.1 Å². The van der Waals surface area contributed by atoms with E-state index in [1.165, 1.54) is 12.3 Å². The quantitative estimate of drug-likeness (QED) is 0.654. The van der Waals surface area contributed by atoms with Crippen molar-refractivity contribution < 1.29 is 13.9 Å². The highest BCUT2D eigenvalue weighted by Gasteiger charge is 2.23. The molecule has 1 N–H and O–H groups in total. The maximum atomic E-state index is 14.2. The summed E-state index contributed by atoms with van der Waals surface area (Å²) in [5, 5.41) is 11.6. The normalized spacial score (nSPS) is 15.1. The molecule has 3 aromatic rings. The molecule has 0 spiro atoms. The third-order valence-electron chi connectivity index (χ3n) is 5.45. The molecular weight excluding hydrogens is 399 g/mol. The number of amides is 1. The Balaban J connectivity index is 1.43. The summed E-state index contributed by atoms with van der Waals surface area (Å²) < 4.78 is 21.5. The molecule has 1 amide bonds. The van der Waals surface area contributed by atoms with Crippen LogP contribution in [0, 0.1) is 5.82 Å². The van der Waals surface area contributed by atoms with Gasteiger partial charge in [-0.1, -0.05) is 0 Å². The molecule has 0 saturated carbocycles. The number of nitrogens with one attached hydrogen (secondary N) is 1. The van der Waals surface area contributed by atoms with Crippen LogP contribution in [0.2, 0.25) is 0 Å². The van der Waals surface area contributed by atoms with Gasteiger partial charge >= 0.3 is 0 Å². The lowest BCUT2D eigenvalue weighted by atomic mass is 10.2. The number of halogens is 1. The first-order chi connectivity index (χ1) is 15.0. The Bertz CT molecular complexity index is 1060. The molecule has 0 unspecified atom stereocenters. The first-order valence-corrected chi connectivity index (χ1v) is 10.2. The molecule has 4 rings (SSSR count). The third kappa shape index (κ3) is 4.72. The van der Waals surface area contributed by atoms with Gasteiger partial charge < -0.3 is 14.6 Å². The Morgan fingerprint density at radius 3 is 2.90 bits per heavy atom. The standard InChI is InChI=1S/C22H25FN6O2/c1-15(25-22(30)16-4-3-8-24-13-16)21-27-26-20-7-9-28(10-11-29(20)21)14-17-12-18(31-2)5-6-19(17)23/h3-6,8,12-13,15H,7,9-11,14H2,1-2H3,(H,25,30)/t15-/m1/s1.